The van der Waals surface area contributed by atoms with Crippen LogP contribution in [0.3, 0.4) is 0 Å². The van der Waals surface area contributed by atoms with Gasteiger partial charge in [-0.2, -0.15) is 0 Å². The standard InChI is InChI=1S/C22H14ClFN4/c1-13-6-11-16(12-17(13)24)28-21(14-7-9-15(23)10-8-14)27-20-22(28)26-19-5-3-2-4-18(19)25-20/h2-12H,1H3. The van der Waals surface area contributed by atoms with Gasteiger partial charge in [-0.3, -0.25) is 4.57 Å². The van der Waals surface area contributed by atoms with E-state index in [1.54, 1.807) is 25.1 Å². The van der Waals surface area contributed by atoms with E-state index in [1.165, 1.54) is 6.07 Å². The van der Waals surface area contributed by atoms with Crippen molar-refractivity contribution in [1.82, 2.24) is 19.5 Å². The van der Waals surface area contributed by atoms with Crippen molar-refractivity contribution in [2.24, 2.45) is 0 Å². The van der Waals surface area contributed by atoms with Crippen LogP contribution >= 0.6 is 11.6 Å². The van der Waals surface area contributed by atoms with E-state index in [0.717, 1.165) is 16.6 Å². The van der Waals surface area contributed by atoms with Crippen molar-refractivity contribution >= 4 is 33.9 Å². The van der Waals surface area contributed by atoms with E-state index >= 15 is 0 Å². The van der Waals surface area contributed by atoms with Crippen LogP contribution in [-0.2, 0) is 0 Å². The van der Waals surface area contributed by atoms with Gasteiger partial charge in [0.2, 0.25) is 0 Å². The largest absolute Gasteiger partial charge is 0.275 e. The molecule has 5 rings (SSSR count). The summed E-state index contributed by atoms with van der Waals surface area (Å²) < 4.78 is 16.2. The number of fused-ring (bicyclic) bond motifs is 2. The van der Waals surface area contributed by atoms with E-state index in [4.69, 9.17) is 21.6 Å². The Morgan fingerprint density at radius 2 is 1.57 bits per heavy atom. The topological polar surface area (TPSA) is 43.6 Å². The highest BCUT2D eigenvalue weighted by atomic mass is 35.5. The Bertz CT molecular complexity index is 1340. The molecule has 0 N–H and O–H groups in total. The first-order chi connectivity index (χ1) is 13.6. The van der Waals surface area contributed by atoms with Crippen molar-refractivity contribution in [1.29, 1.82) is 0 Å². The summed E-state index contributed by atoms with van der Waals surface area (Å²) >= 11 is 6.04. The predicted octanol–water partition coefficient (Wildman–Crippen LogP) is 5.74. The van der Waals surface area contributed by atoms with Gasteiger partial charge in [0.25, 0.3) is 0 Å². The quantitative estimate of drug-likeness (QED) is 0.387. The number of halogens is 2. The van der Waals surface area contributed by atoms with Crippen molar-refractivity contribution in [2.45, 2.75) is 6.92 Å². The monoisotopic (exact) mass is 388 g/mol. The maximum absolute atomic E-state index is 14.3. The van der Waals surface area contributed by atoms with Crippen LogP contribution in [-0.4, -0.2) is 19.5 Å². The van der Waals surface area contributed by atoms with Gasteiger partial charge in [0.05, 0.1) is 16.7 Å². The summed E-state index contributed by atoms with van der Waals surface area (Å²) in [7, 11) is 0. The normalized spacial score (nSPS) is 11.4. The van der Waals surface area contributed by atoms with Crippen molar-refractivity contribution in [3.63, 3.8) is 0 Å². The van der Waals surface area contributed by atoms with E-state index in [-0.39, 0.29) is 5.82 Å². The molecule has 2 aromatic heterocycles. The second-order valence-corrected chi connectivity index (χ2v) is 7.01. The third kappa shape index (κ3) is 2.72. The fourth-order valence-corrected chi connectivity index (χ4v) is 3.34. The lowest BCUT2D eigenvalue weighted by atomic mass is 10.2. The predicted molar refractivity (Wildman–Crippen MR) is 109 cm³/mol. The molecule has 3 aromatic carbocycles. The molecule has 136 valence electrons. The Balaban J connectivity index is 1.87. The first kappa shape index (κ1) is 16.8. The zero-order valence-corrected chi connectivity index (χ0v) is 15.7. The highest BCUT2D eigenvalue weighted by molar-refractivity contribution is 6.30. The summed E-state index contributed by atoms with van der Waals surface area (Å²) in [5.41, 5.74) is 4.66. The number of rotatable bonds is 2. The molecular formula is C22H14ClFN4. The maximum atomic E-state index is 14.3. The van der Waals surface area contributed by atoms with E-state index in [0.29, 0.717) is 33.4 Å². The molecule has 0 fully saturated rings. The van der Waals surface area contributed by atoms with Crippen molar-refractivity contribution < 1.29 is 4.39 Å². The Morgan fingerprint density at radius 3 is 2.29 bits per heavy atom. The lowest BCUT2D eigenvalue weighted by Crippen LogP contribution is -2.00. The number of hydrogen-bond donors (Lipinski definition) is 0. The lowest BCUT2D eigenvalue weighted by Gasteiger charge is -2.10. The average Bonchev–Trinajstić information content (AvgIpc) is 3.07. The van der Waals surface area contributed by atoms with Crippen molar-refractivity contribution in [3.05, 3.63) is 83.1 Å². The maximum Gasteiger partial charge on any atom is 0.199 e. The summed E-state index contributed by atoms with van der Waals surface area (Å²) in [4.78, 5) is 14.1. The van der Waals surface area contributed by atoms with Crippen LogP contribution in [0.25, 0.3) is 39.4 Å². The summed E-state index contributed by atoms with van der Waals surface area (Å²) in [5, 5.41) is 0.634. The number of para-hydroxylation sites is 2. The smallest absolute Gasteiger partial charge is 0.199 e. The zero-order valence-electron chi connectivity index (χ0n) is 14.9. The van der Waals surface area contributed by atoms with Crippen molar-refractivity contribution in [3.8, 4) is 17.1 Å². The highest BCUT2D eigenvalue weighted by Gasteiger charge is 2.18. The molecule has 0 amide bonds. The third-order valence-corrected chi connectivity index (χ3v) is 4.94. The molecule has 0 saturated carbocycles. The SMILES string of the molecule is Cc1ccc(-n2c(-c3ccc(Cl)cc3)nc3nc4ccccc4nc32)cc1F. The molecule has 5 aromatic rings. The van der Waals surface area contributed by atoms with E-state index < -0.39 is 0 Å². The molecule has 4 nitrogen and oxygen atoms in total. The fourth-order valence-electron chi connectivity index (χ4n) is 3.22. The number of benzene rings is 3. The number of imidazole rings is 1. The molecule has 0 saturated heterocycles. The molecule has 0 atom stereocenters. The van der Waals surface area contributed by atoms with Gasteiger partial charge in [0.1, 0.15) is 11.6 Å². The molecule has 2 heterocycles. The van der Waals surface area contributed by atoms with Crippen LogP contribution in [0.2, 0.25) is 5.02 Å². The summed E-state index contributed by atoms with van der Waals surface area (Å²) in [6.07, 6.45) is 0. The molecule has 0 unspecified atom stereocenters. The molecular weight excluding hydrogens is 375 g/mol. The zero-order chi connectivity index (χ0) is 19.3. The molecule has 0 spiro atoms. The first-order valence-electron chi connectivity index (χ1n) is 8.78. The van der Waals surface area contributed by atoms with Gasteiger partial charge in [0.15, 0.2) is 11.3 Å². The minimum absolute atomic E-state index is 0.282. The van der Waals surface area contributed by atoms with E-state index in [1.807, 2.05) is 47.0 Å². The first-order valence-corrected chi connectivity index (χ1v) is 9.16. The Morgan fingerprint density at radius 1 is 0.857 bits per heavy atom. The summed E-state index contributed by atoms with van der Waals surface area (Å²) in [6.45, 7) is 1.73. The van der Waals surface area contributed by atoms with Gasteiger partial charge in [-0.05, 0) is 61.0 Å². The molecule has 0 bridgehead atoms. The van der Waals surface area contributed by atoms with Gasteiger partial charge >= 0.3 is 0 Å². The van der Waals surface area contributed by atoms with Crippen LogP contribution in [0, 0.1) is 12.7 Å². The van der Waals surface area contributed by atoms with Gasteiger partial charge in [0, 0.05) is 10.6 Å². The van der Waals surface area contributed by atoms with Crippen LogP contribution in [0.4, 0.5) is 4.39 Å². The van der Waals surface area contributed by atoms with Crippen LogP contribution in [0.15, 0.2) is 66.7 Å². The fraction of sp³-hybridized carbons (Fsp3) is 0.0455. The average molecular weight is 389 g/mol. The van der Waals surface area contributed by atoms with Gasteiger partial charge in [-0.25, -0.2) is 19.3 Å². The molecule has 28 heavy (non-hydrogen) atoms. The van der Waals surface area contributed by atoms with Crippen LogP contribution in [0.5, 0.6) is 0 Å². The molecule has 0 aliphatic carbocycles. The number of hydrogen-bond acceptors (Lipinski definition) is 3. The van der Waals surface area contributed by atoms with Gasteiger partial charge < -0.3 is 0 Å². The lowest BCUT2D eigenvalue weighted by molar-refractivity contribution is 0.617. The highest BCUT2D eigenvalue weighted by Crippen LogP contribution is 2.29. The van der Waals surface area contributed by atoms with Crippen LogP contribution in [0.1, 0.15) is 5.56 Å². The van der Waals surface area contributed by atoms with Crippen LogP contribution < -0.4 is 0 Å². The molecule has 0 aliphatic rings. The Labute approximate surface area is 165 Å². The van der Waals surface area contributed by atoms with Gasteiger partial charge in [-0.1, -0.05) is 29.8 Å². The number of nitrogens with zero attached hydrogens (tertiary/aromatic N) is 4. The van der Waals surface area contributed by atoms with Gasteiger partial charge in [-0.15, -0.1) is 0 Å². The third-order valence-electron chi connectivity index (χ3n) is 4.69. The molecule has 6 heteroatoms. The minimum atomic E-state index is -0.282. The second-order valence-electron chi connectivity index (χ2n) is 6.57. The van der Waals surface area contributed by atoms with Crippen molar-refractivity contribution in [2.75, 3.05) is 0 Å². The molecule has 0 aliphatic heterocycles. The Hall–Kier alpha value is -3.31. The van der Waals surface area contributed by atoms with E-state index in [9.17, 15) is 4.39 Å². The summed E-state index contributed by atoms with van der Waals surface area (Å²) in [6, 6.07) is 20.1. The second kappa shape index (κ2) is 6.39. The van der Waals surface area contributed by atoms with E-state index in [2.05, 4.69) is 4.98 Å². The molecule has 0 radical (unpaired) electrons. The summed E-state index contributed by atoms with van der Waals surface area (Å²) in [5.74, 6) is 0.348. The minimum Gasteiger partial charge on any atom is -0.275 e. The Kier molecular flexibility index (Phi) is 3.84. The number of aromatic nitrogens is 4. The number of aryl methyl sites for hydroxylation is 1.